The van der Waals surface area contributed by atoms with Crippen LogP contribution >= 0.6 is 0 Å². The van der Waals surface area contributed by atoms with Crippen LogP contribution in [0.25, 0.3) is 0 Å². The summed E-state index contributed by atoms with van der Waals surface area (Å²) in [6.07, 6.45) is 3.17. The van der Waals surface area contributed by atoms with Crippen molar-refractivity contribution in [3.63, 3.8) is 0 Å². The molecular weight excluding hydrogens is 336 g/mol. The summed E-state index contributed by atoms with van der Waals surface area (Å²) in [4.78, 5) is 15.2. The molecule has 1 N–H and O–H groups in total. The van der Waals surface area contributed by atoms with Gasteiger partial charge in [0.2, 0.25) is 5.91 Å². The summed E-state index contributed by atoms with van der Waals surface area (Å²) < 4.78 is 5.90. The van der Waals surface area contributed by atoms with E-state index in [1.807, 2.05) is 12.1 Å². The summed E-state index contributed by atoms with van der Waals surface area (Å²) in [5, 5.41) is 3.16. The predicted octanol–water partition coefficient (Wildman–Crippen LogP) is 3.12. The van der Waals surface area contributed by atoms with Crippen molar-refractivity contribution < 1.29 is 9.53 Å². The SMILES string of the molecule is O=C(NCC1CN(Cc2ccccc2)CCO1)C1CCCc2ccccc21. The van der Waals surface area contributed by atoms with Crippen LogP contribution in [0.2, 0.25) is 0 Å². The fourth-order valence-electron chi connectivity index (χ4n) is 4.25. The van der Waals surface area contributed by atoms with Crippen molar-refractivity contribution in [2.45, 2.75) is 37.8 Å². The van der Waals surface area contributed by atoms with E-state index in [1.165, 1.54) is 16.7 Å². The highest BCUT2D eigenvalue weighted by Crippen LogP contribution is 2.31. The molecule has 1 heterocycles. The fraction of sp³-hybridized carbons (Fsp3) is 0.435. The number of morpholine rings is 1. The topological polar surface area (TPSA) is 41.6 Å². The first kappa shape index (κ1) is 18.2. The number of hydrogen-bond acceptors (Lipinski definition) is 3. The average Bonchev–Trinajstić information content (AvgIpc) is 2.72. The molecule has 0 aromatic heterocycles. The van der Waals surface area contributed by atoms with Crippen molar-refractivity contribution in [3.8, 4) is 0 Å². The van der Waals surface area contributed by atoms with E-state index in [1.54, 1.807) is 0 Å². The van der Waals surface area contributed by atoms with Gasteiger partial charge in [-0.25, -0.2) is 0 Å². The highest BCUT2D eigenvalue weighted by Gasteiger charge is 2.27. The lowest BCUT2D eigenvalue weighted by Crippen LogP contribution is -2.47. The lowest BCUT2D eigenvalue weighted by Gasteiger charge is -2.33. The number of fused-ring (bicyclic) bond motifs is 1. The Labute approximate surface area is 161 Å². The molecule has 0 saturated carbocycles. The van der Waals surface area contributed by atoms with Crippen LogP contribution in [-0.4, -0.2) is 43.2 Å². The predicted molar refractivity (Wildman–Crippen MR) is 107 cm³/mol. The Morgan fingerprint density at radius 2 is 1.93 bits per heavy atom. The number of nitrogens with zero attached hydrogens (tertiary/aromatic N) is 1. The van der Waals surface area contributed by atoms with Crippen molar-refractivity contribution in [1.29, 1.82) is 0 Å². The number of nitrogens with one attached hydrogen (secondary N) is 1. The van der Waals surface area contributed by atoms with E-state index < -0.39 is 0 Å². The molecule has 0 radical (unpaired) electrons. The van der Waals surface area contributed by atoms with Gasteiger partial charge in [0.1, 0.15) is 0 Å². The van der Waals surface area contributed by atoms with Gasteiger partial charge in [0.25, 0.3) is 0 Å². The largest absolute Gasteiger partial charge is 0.374 e. The van der Waals surface area contributed by atoms with Gasteiger partial charge in [-0.2, -0.15) is 0 Å². The van der Waals surface area contributed by atoms with Crippen LogP contribution in [-0.2, 0) is 22.5 Å². The van der Waals surface area contributed by atoms with Crippen LogP contribution in [0.15, 0.2) is 54.6 Å². The Morgan fingerprint density at radius 3 is 2.81 bits per heavy atom. The van der Waals surface area contributed by atoms with Crippen LogP contribution in [0.4, 0.5) is 0 Å². The van der Waals surface area contributed by atoms with E-state index in [9.17, 15) is 4.79 Å². The van der Waals surface area contributed by atoms with Crippen LogP contribution < -0.4 is 5.32 Å². The highest BCUT2D eigenvalue weighted by molar-refractivity contribution is 5.84. The van der Waals surface area contributed by atoms with Gasteiger partial charge in [-0.05, 0) is 36.0 Å². The molecule has 1 amide bonds. The van der Waals surface area contributed by atoms with Crippen molar-refractivity contribution in [3.05, 3.63) is 71.3 Å². The molecule has 142 valence electrons. The van der Waals surface area contributed by atoms with Gasteiger partial charge in [0, 0.05) is 26.2 Å². The summed E-state index contributed by atoms with van der Waals surface area (Å²) in [5.41, 5.74) is 3.85. The van der Waals surface area contributed by atoms with Crippen molar-refractivity contribution >= 4 is 5.91 Å². The molecule has 0 bridgehead atoms. The van der Waals surface area contributed by atoms with Crippen molar-refractivity contribution in [1.82, 2.24) is 10.2 Å². The van der Waals surface area contributed by atoms with Crippen LogP contribution in [0, 0.1) is 0 Å². The number of rotatable bonds is 5. The second-order valence-corrected chi connectivity index (χ2v) is 7.60. The maximum absolute atomic E-state index is 12.8. The quantitative estimate of drug-likeness (QED) is 0.886. The molecule has 0 spiro atoms. The van der Waals surface area contributed by atoms with Gasteiger partial charge in [0.15, 0.2) is 0 Å². The van der Waals surface area contributed by atoms with E-state index in [4.69, 9.17) is 4.74 Å². The lowest BCUT2D eigenvalue weighted by molar-refractivity contribution is -0.124. The first-order valence-electron chi connectivity index (χ1n) is 10.0. The number of ether oxygens (including phenoxy) is 1. The highest BCUT2D eigenvalue weighted by atomic mass is 16.5. The number of amides is 1. The zero-order chi connectivity index (χ0) is 18.5. The summed E-state index contributed by atoms with van der Waals surface area (Å²) in [6.45, 7) is 4.04. The van der Waals surface area contributed by atoms with Gasteiger partial charge in [-0.1, -0.05) is 54.6 Å². The summed E-state index contributed by atoms with van der Waals surface area (Å²) >= 11 is 0. The van der Waals surface area contributed by atoms with Crippen LogP contribution in [0.5, 0.6) is 0 Å². The monoisotopic (exact) mass is 364 g/mol. The zero-order valence-corrected chi connectivity index (χ0v) is 15.8. The van der Waals surface area contributed by atoms with Crippen molar-refractivity contribution in [2.75, 3.05) is 26.2 Å². The van der Waals surface area contributed by atoms with Gasteiger partial charge in [0.05, 0.1) is 18.6 Å². The number of benzene rings is 2. The molecule has 2 aromatic carbocycles. The minimum atomic E-state index is -0.0148. The fourth-order valence-corrected chi connectivity index (χ4v) is 4.25. The molecule has 1 aliphatic heterocycles. The maximum Gasteiger partial charge on any atom is 0.227 e. The molecule has 2 aliphatic rings. The average molecular weight is 364 g/mol. The number of aryl methyl sites for hydroxylation is 1. The van der Waals surface area contributed by atoms with E-state index in [2.05, 4.69) is 52.7 Å². The first-order valence-corrected chi connectivity index (χ1v) is 10.0. The third-order valence-electron chi connectivity index (χ3n) is 5.66. The van der Waals surface area contributed by atoms with Crippen LogP contribution in [0.3, 0.4) is 0 Å². The third kappa shape index (κ3) is 4.57. The van der Waals surface area contributed by atoms with Crippen molar-refractivity contribution in [2.24, 2.45) is 0 Å². The number of hydrogen-bond donors (Lipinski definition) is 1. The van der Waals surface area contributed by atoms with E-state index in [0.717, 1.165) is 45.5 Å². The Balaban J connectivity index is 1.30. The van der Waals surface area contributed by atoms with Gasteiger partial charge >= 0.3 is 0 Å². The van der Waals surface area contributed by atoms with E-state index in [-0.39, 0.29) is 17.9 Å². The Hall–Kier alpha value is -2.17. The molecule has 4 rings (SSSR count). The molecular formula is C23H28N2O2. The molecule has 4 heteroatoms. The molecule has 4 nitrogen and oxygen atoms in total. The molecule has 27 heavy (non-hydrogen) atoms. The lowest BCUT2D eigenvalue weighted by atomic mass is 9.82. The van der Waals surface area contributed by atoms with Crippen LogP contribution in [0.1, 0.15) is 35.4 Å². The number of carbonyl (C=O) groups excluding carboxylic acids is 1. The second-order valence-electron chi connectivity index (χ2n) is 7.60. The third-order valence-corrected chi connectivity index (χ3v) is 5.66. The molecule has 1 aliphatic carbocycles. The molecule has 2 unspecified atom stereocenters. The van der Waals surface area contributed by atoms with Gasteiger partial charge in [-0.3, -0.25) is 9.69 Å². The zero-order valence-electron chi connectivity index (χ0n) is 15.8. The molecule has 2 atom stereocenters. The Bertz CT molecular complexity index is 762. The van der Waals surface area contributed by atoms with Gasteiger partial charge < -0.3 is 10.1 Å². The number of carbonyl (C=O) groups is 1. The normalized spacial score (nSPS) is 22.8. The summed E-state index contributed by atoms with van der Waals surface area (Å²) in [5.74, 6) is 0.130. The summed E-state index contributed by atoms with van der Waals surface area (Å²) in [6, 6.07) is 18.9. The molecule has 2 aromatic rings. The van der Waals surface area contributed by atoms with E-state index in [0.29, 0.717) is 6.54 Å². The standard InChI is InChI=1S/C23H28N2O2/c26-23(22-12-6-10-19-9-4-5-11-21(19)22)24-15-20-17-25(13-14-27-20)16-18-7-2-1-3-8-18/h1-5,7-9,11,20,22H,6,10,12-17H2,(H,24,26). The van der Waals surface area contributed by atoms with Gasteiger partial charge in [-0.15, -0.1) is 0 Å². The maximum atomic E-state index is 12.8. The summed E-state index contributed by atoms with van der Waals surface area (Å²) in [7, 11) is 0. The smallest absolute Gasteiger partial charge is 0.227 e. The van der Waals surface area contributed by atoms with E-state index >= 15 is 0 Å². The Morgan fingerprint density at radius 1 is 1.11 bits per heavy atom. The first-order chi connectivity index (χ1) is 13.3. The minimum Gasteiger partial charge on any atom is -0.374 e. The molecule has 1 saturated heterocycles. The minimum absolute atomic E-state index is 0.0148. The molecule has 1 fully saturated rings. The Kier molecular flexibility index (Phi) is 5.85. The second kappa shape index (κ2) is 8.68.